The first-order valence-corrected chi connectivity index (χ1v) is 6.21. The van der Waals surface area contributed by atoms with Gasteiger partial charge in [-0.05, 0) is 24.1 Å². The average molecular weight is 246 g/mol. The molecule has 0 amide bonds. The van der Waals surface area contributed by atoms with E-state index in [1.54, 1.807) is 19.1 Å². The molecule has 0 radical (unpaired) electrons. The van der Waals surface area contributed by atoms with Crippen LogP contribution in [0, 0.1) is 11.3 Å². The zero-order chi connectivity index (χ0) is 12.7. The predicted octanol–water partition coefficient (Wildman–Crippen LogP) is 2.82. The summed E-state index contributed by atoms with van der Waals surface area (Å²) in [6.45, 7) is 1.56. The van der Waals surface area contributed by atoms with Crippen molar-refractivity contribution in [2.45, 2.75) is 13.3 Å². The predicted molar refractivity (Wildman–Crippen MR) is 72.4 cm³/mol. The summed E-state index contributed by atoms with van der Waals surface area (Å²) < 4.78 is 0. The van der Waals surface area contributed by atoms with Gasteiger partial charge in [-0.15, -0.1) is 0 Å². The van der Waals surface area contributed by atoms with E-state index in [4.69, 9.17) is 11.0 Å². The number of allylic oxidation sites excluding steroid dienone is 1. The van der Waals surface area contributed by atoms with Crippen LogP contribution < -0.4 is 5.73 Å². The van der Waals surface area contributed by atoms with Crippen LogP contribution in [0.15, 0.2) is 24.3 Å². The van der Waals surface area contributed by atoms with Crippen LogP contribution in [-0.4, -0.2) is 10.9 Å². The van der Waals surface area contributed by atoms with Gasteiger partial charge in [0.2, 0.25) is 0 Å². The molecule has 1 aromatic rings. The number of benzene rings is 1. The molecule has 0 aromatic heterocycles. The summed E-state index contributed by atoms with van der Waals surface area (Å²) in [5.41, 5.74) is 7.56. The van der Waals surface area contributed by atoms with Crippen LogP contribution >= 0.6 is 11.8 Å². The van der Waals surface area contributed by atoms with Crippen LogP contribution in [0.3, 0.4) is 0 Å². The number of anilines is 1. The number of carbonyl (C=O) groups excluding carboxylic acids is 1. The Bertz CT molecular complexity index is 475. The fraction of sp³-hybridized carbons (Fsp3) is 0.231. The topological polar surface area (TPSA) is 66.9 Å². The number of nitrogens with zero attached hydrogens (tertiary/aromatic N) is 1. The summed E-state index contributed by atoms with van der Waals surface area (Å²) in [4.78, 5) is 10.7. The molecule has 4 heteroatoms. The molecular formula is C13H14N2OS. The van der Waals surface area contributed by atoms with Gasteiger partial charge in [-0.2, -0.15) is 5.26 Å². The summed E-state index contributed by atoms with van der Waals surface area (Å²) in [7, 11) is 0. The average Bonchev–Trinajstić information content (AvgIpc) is 2.30. The number of thioether (sulfide) groups is 1. The first kappa shape index (κ1) is 13.3. The Morgan fingerprint density at radius 3 is 3.00 bits per heavy atom. The Hall–Kier alpha value is -1.73. The molecule has 0 aliphatic rings. The van der Waals surface area contributed by atoms with Crippen molar-refractivity contribution in [3.05, 3.63) is 35.4 Å². The number of nitriles is 1. The maximum Gasteiger partial charge on any atom is 0.185 e. The number of hydrogen-bond donors (Lipinski definition) is 1. The Morgan fingerprint density at radius 2 is 2.35 bits per heavy atom. The Balaban J connectivity index is 2.54. The quantitative estimate of drug-likeness (QED) is 0.655. The Labute approximate surface area is 105 Å². The van der Waals surface area contributed by atoms with Crippen LogP contribution in [0.4, 0.5) is 5.69 Å². The lowest BCUT2D eigenvalue weighted by molar-refractivity contribution is -0.109. The van der Waals surface area contributed by atoms with Crippen molar-refractivity contribution in [1.82, 2.24) is 0 Å². The van der Waals surface area contributed by atoms with Crippen LogP contribution in [0.2, 0.25) is 0 Å². The maximum absolute atomic E-state index is 10.7. The molecule has 0 aliphatic heterocycles. The van der Waals surface area contributed by atoms with Crippen molar-refractivity contribution >= 4 is 28.6 Å². The molecule has 0 saturated carbocycles. The summed E-state index contributed by atoms with van der Waals surface area (Å²) in [6.07, 6.45) is 4.75. The third kappa shape index (κ3) is 4.75. The SMILES string of the molecule is CC(=O)SCCC=Cc1ccc(N)c(C#N)c1. The molecule has 0 fully saturated rings. The highest BCUT2D eigenvalue weighted by Gasteiger charge is 1.97. The fourth-order valence-corrected chi connectivity index (χ4v) is 1.81. The molecule has 88 valence electrons. The normalized spacial score (nSPS) is 10.4. The molecule has 0 atom stereocenters. The lowest BCUT2D eigenvalue weighted by atomic mass is 10.1. The highest BCUT2D eigenvalue weighted by atomic mass is 32.2. The van der Waals surface area contributed by atoms with Gasteiger partial charge in [0.25, 0.3) is 0 Å². The highest BCUT2D eigenvalue weighted by molar-refractivity contribution is 8.13. The molecule has 0 saturated heterocycles. The Kier molecular flexibility index (Phi) is 5.31. The smallest absolute Gasteiger partial charge is 0.185 e. The van der Waals surface area contributed by atoms with Crippen molar-refractivity contribution in [2.75, 3.05) is 11.5 Å². The van der Waals surface area contributed by atoms with Crippen molar-refractivity contribution in [3.63, 3.8) is 0 Å². The Morgan fingerprint density at radius 1 is 1.59 bits per heavy atom. The summed E-state index contributed by atoms with van der Waals surface area (Å²) in [5.74, 6) is 0.784. The van der Waals surface area contributed by atoms with Gasteiger partial charge in [0.15, 0.2) is 5.12 Å². The van der Waals surface area contributed by atoms with Crippen molar-refractivity contribution in [1.29, 1.82) is 5.26 Å². The molecular weight excluding hydrogens is 232 g/mol. The molecule has 3 nitrogen and oxygen atoms in total. The molecule has 2 N–H and O–H groups in total. The monoisotopic (exact) mass is 246 g/mol. The van der Waals surface area contributed by atoms with E-state index in [1.807, 2.05) is 24.3 Å². The first-order chi connectivity index (χ1) is 8.13. The van der Waals surface area contributed by atoms with Gasteiger partial charge in [-0.3, -0.25) is 4.79 Å². The van der Waals surface area contributed by atoms with Crippen molar-refractivity contribution in [3.8, 4) is 6.07 Å². The maximum atomic E-state index is 10.7. The number of hydrogen-bond acceptors (Lipinski definition) is 4. The highest BCUT2D eigenvalue weighted by Crippen LogP contribution is 2.14. The minimum absolute atomic E-state index is 0.137. The molecule has 17 heavy (non-hydrogen) atoms. The minimum atomic E-state index is 0.137. The third-order valence-corrected chi connectivity index (χ3v) is 2.94. The summed E-state index contributed by atoms with van der Waals surface area (Å²) >= 11 is 1.31. The lowest BCUT2D eigenvalue weighted by Crippen LogP contribution is -1.90. The summed E-state index contributed by atoms with van der Waals surface area (Å²) in [5, 5.41) is 8.96. The lowest BCUT2D eigenvalue weighted by Gasteiger charge is -1.98. The molecule has 0 bridgehead atoms. The number of carbonyl (C=O) groups is 1. The van der Waals surface area contributed by atoms with E-state index in [-0.39, 0.29) is 5.12 Å². The molecule has 0 unspecified atom stereocenters. The van der Waals surface area contributed by atoms with Crippen molar-refractivity contribution < 1.29 is 4.79 Å². The number of rotatable bonds is 4. The van der Waals surface area contributed by atoms with Gasteiger partial charge in [0.05, 0.1) is 5.56 Å². The second-order valence-electron chi connectivity index (χ2n) is 3.49. The van der Waals surface area contributed by atoms with Gasteiger partial charge in [0.1, 0.15) is 6.07 Å². The van der Waals surface area contributed by atoms with E-state index in [9.17, 15) is 4.79 Å². The second kappa shape index (κ2) is 6.77. The van der Waals surface area contributed by atoms with Gasteiger partial charge in [-0.25, -0.2) is 0 Å². The van der Waals surface area contributed by atoms with Crippen LogP contribution in [0.5, 0.6) is 0 Å². The standard InChI is InChI=1S/C13H14N2OS/c1-10(16)17-7-3-2-4-11-5-6-13(15)12(8-11)9-14/h2,4-6,8H,3,7,15H2,1H3. The van der Waals surface area contributed by atoms with Gasteiger partial charge >= 0.3 is 0 Å². The molecule has 0 spiro atoms. The van der Waals surface area contributed by atoms with E-state index in [2.05, 4.69) is 0 Å². The minimum Gasteiger partial charge on any atom is -0.398 e. The molecule has 0 aliphatic carbocycles. The second-order valence-corrected chi connectivity index (χ2v) is 4.76. The van der Waals surface area contributed by atoms with Gasteiger partial charge in [0, 0.05) is 18.4 Å². The first-order valence-electron chi connectivity index (χ1n) is 5.23. The third-order valence-electron chi connectivity index (χ3n) is 2.10. The fourth-order valence-electron chi connectivity index (χ4n) is 1.26. The van der Waals surface area contributed by atoms with E-state index in [0.717, 1.165) is 17.7 Å². The largest absolute Gasteiger partial charge is 0.398 e. The zero-order valence-electron chi connectivity index (χ0n) is 9.64. The van der Waals surface area contributed by atoms with E-state index in [1.165, 1.54) is 11.8 Å². The molecule has 1 rings (SSSR count). The van der Waals surface area contributed by atoms with Crippen LogP contribution in [0.1, 0.15) is 24.5 Å². The van der Waals surface area contributed by atoms with Gasteiger partial charge < -0.3 is 5.73 Å². The van der Waals surface area contributed by atoms with Gasteiger partial charge in [-0.1, -0.05) is 30.0 Å². The molecule has 1 aromatic carbocycles. The van der Waals surface area contributed by atoms with E-state index in [0.29, 0.717) is 11.3 Å². The molecule has 0 heterocycles. The van der Waals surface area contributed by atoms with E-state index >= 15 is 0 Å². The summed E-state index contributed by atoms with van der Waals surface area (Å²) in [6, 6.07) is 7.39. The number of nitrogens with two attached hydrogens (primary N) is 1. The number of nitrogen functional groups attached to an aromatic ring is 1. The van der Waals surface area contributed by atoms with E-state index < -0.39 is 0 Å². The van der Waals surface area contributed by atoms with Crippen molar-refractivity contribution in [2.24, 2.45) is 0 Å². The zero-order valence-corrected chi connectivity index (χ0v) is 10.5. The van der Waals surface area contributed by atoms with Crippen LogP contribution in [0.25, 0.3) is 6.08 Å². The van der Waals surface area contributed by atoms with Crippen LogP contribution in [-0.2, 0) is 4.79 Å².